The van der Waals surface area contributed by atoms with Crippen molar-refractivity contribution in [2.45, 2.75) is 47.0 Å². The predicted octanol–water partition coefficient (Wildman–Crippen LogP) is 1.94. The van der Waals surface area contributed by atoms with E-state index in [1.54, 1.807) is 6.92 Å². The zero-order valence-corrected chi connectivity index (χ0v) is 13.1. The summed E-state index contributed by atoms with van der Waals surface area (Å²) in [5, 5.41) is 9.22. The molecule has 0 aromatic rings. The van der Waals surface area contributed by atoms with E-state index in [2.05, 4.69) is 0 Å². The standard InChI is InChI=1S/C13H25NO4S/c1-12(2,3)7-9-19(17,18)14-8-5-6-13(4,10-14)11(15)16/h5-10H2,1-4H3,(H,15,16). The second kappa shape index (κ2) is 5.40. The van der Waals surface area contributed by atoms with Crippen LogP contribution in [0, 0.1) is 10.8 Å². The molecular formula is C13H25NO4S. The Labute approximate surface area is 116 Å². The number of carboxylic acids is 1. The van der Waals surface area contributed by atoms with E-state index in [1.165, 1.54) is 4.31 Å². The molecule has 112 valence electrons. The fourth-order valence-corrected chi connectivity index (χ4v) is 4.19. The Hall–Kier alpha value is -0.620. The van der Waals surface area contributed by atoms with Crippen molar-refractivity contribution in [1.29, 1.82) is 0 Å². The van der Waals surface area contributed by atoms with Gasteiger partial charge in [-0.2, -0.15) is 0 Å². The number of sulfonamides is 1. The number of hydrogen-bond acceptors (Lipinski definition) is 3. The highest BCUT2D eigenvalue weighted by atomic mass is 32.2. The van der Waals surface area contributed by atoms with Crippen molar-refractivity contribution < 1.29 is 18.3 Å². The van der Waals surface area contributed by atoms with Gasteiger partial charge < -0.3 is 5.11 Å². The van der Waals surface area contributed by atoms with E-state index in [1.807, 2.05) is 20.8 Å². The quantitative estimate of drug-likeness (QED) is 0.859. The van der Waals surface area contributed by atoms with Gasteiger partial charge in [-0.3, -0.25) is 4.79 Å². The molecule has 5 nitrogen and oxygen atoms in total. The first-order valence-corrected chi connectivity index (χ1v) is 8.28. The van der Waals surface area contributed by atoms with Crippen LogP contribution in [0.2, 0.25) is 0 Å². The fourth-order valence-electron chi connectivity index (χ4n) is 2.17. The summed E-state index contributed by atoms with van der Waals surface area (Å²) in [4.78, 5) is 11.2. The highest BCUT2D eigenvalue weighted by molar-refractivity contribution is 7.89. The summed E-state index contributed by atoms with van der Waals surface area (Å²) in [5.41, 5.74) is -0.994. The van der Waals surface area contributed by atoms with Crippen LogP contribution >= 0.6 is 0 Å². The number of carbonyl (C=O) groups is 1. The third-order valence-corrected chi connectivity index (χ3v) is 5.50. The summed E-state index contributed by atoms with van der Waals surface area (Å²) >= 11 is 0. The average Bonchev–Trinajstić information content (AvgIpc) is 2.26. The zero-order chi connectivity index (χ0) is 14.9. The van der Waals surface area contributed by atoms with Crippen LogP contribution in [0.15, 0.2) is 0 Å². The van der Waals surface area contributed by atoms with Gasteiger partial charge in [0.2, 0.25) is 10.0 Å². The van der Waals surface area contributed by atoms with Crippen molar-refractivity contribution in [3.8, 4) is 0 Å². The van der Waals surface area contributed by atoms with E-state index in [4.69, 9.17) is 0 Å². The van der Waals surface area contributed by atoms with Gasteiger partial charge in [-0.15, -0.1) is 0 Å². The summed E-state index contributed by atoms with van der Waals surface area (Å²) < 4.78 is 25.9. The summed E-state index contributed by atoms with van der Waals surface area (Å²) in [6.45, 7) is 8.16. The topological polar surface area (TPSA) is 74.7 Å². The Morgan fingerprint density at radius 3 is 2.42 bits per heavy atom. The molecule has 1 N–H and O–H groups in total. The first-order chi connectivity index (χ1) is 8.46. The van der Waals surface area contributed by atoms with E-state index in [9.17, 15) is 18.3 Å². The predicted molar refractivity (Wildman–Crippen MR) is 74.4 cm³/mol. The van der Waals surface area contributed by atoms with Crippen LogP contribution in [0.25, 0.3) is 0 Å². The Balaban J connectivity index is 2.76. The van der Waals surface area contributed by atoms with E-state index in [0.29, 0.717) is 25.8 Å². The molecular weight excluding hydrogens is 266 g/mol. The molecule has 0 saturated carbocycles. The van der Waals surface area contributed by atoms with Gasteiger partial charge >= 0.3 is 5.97 Å². The van der Waals surface area contributed by atoms with Crippen LogP contribution in [0.3, 0.4) is 0 Å². The number of rotatable bonds is 4. The van der Waals surface area contributed by atoms with Gasteiger partial charge in [-0.05, 0) is 31.6 Å². The highest BCUT2D eigenvalue weighted by Gasteiger charge is 2.41. The summed E-state index contributed by atoms with van der Waals surface area (Å²) in [6, 6.07) is 0. The van der Waals surface area contributed by atoms with Crippen molar-refractivity contribution in [1.82, 2.24) is 4.31 Å². The van der Waals surface area contributed by atoms with Crippen molar-refractivity contribution in [3.05, 3.63) is 0 Å². The molecule has 19 heavy (non-hydrogen) atoms. The van der Waals surface area contributed by atoms with Crippen molar-refractivity contribution in [3.63, 3.8) is 0 Å². The monoisotopic (exact) mass is 291 g/mol. The van der Waals surface area contributed by atoms with Gasteiger partial charge in [0, 0.05) is 13.1 Å². The smallest absolute Gasteiger partial charge is 0.310 e. The lowest BCUT2D eigenvalue weighted by molar-refractivity contribution is -0.150. The zero-order valence-electron chi connectivity index (χ0n) is 12.3. The van der Waals surface area contributed by atoms with Crippen LogP contribution in [0.1, 0.15) is 47.0 Å². The van der Waals surface area contributed by atoms with Gasteiger partial charge in [-0.1, -0.05) is 20.8 Å². The second-order valence-corrected chi connectivity index (χ2v) is 9.02. The van der Waals surface area contributed by atoms with Crippen LogP contribution in [0.5, 0.6) is 0 Å². The molecule has 1 aliphatic heterocycles. The summed E-state index contributed by atoms with van der Waals surface area (Å²) in [6.07, 6.45) is 1.72. The molecule has 1 aliphatic rings. The molecule has 1 saturated heterocycles. The first-order valence-electron chi connectivity index (χ1n) is 6.68. The maximum Gasteiger partial charge on any atom is 0.310 e. The minimum absolute atomic E-state index is 0.0427. The van der Waals surface area contributed by atoms with Crippen LogP contribution in [-0.4, -0.2) is 42.6 Å². The van der Waals surface area contributed by atoms with Gasteiger partial charge in [0.25, 0.3) is 0 Å². The Bertz CT molecular complexity index is 438. The molecule has 1 unspecified atom stereocenters. The maximum atomic E-state index is 12.3. The minimum atomic E-state index is -3.35. The molecule has 1 fully saturated rings. The van der Waals surface area contributed by atoms with Crippen molar-refractivity contribution in [2.75, 3.05) is 18.8 Å². The van der Waals surface area contributed by atoms with E-state index in [-0.39, 0.29) is 17.7 Å². The van der Waals surface area contributed by atoms with E-state index in [0.717, 1.165) is 0 Å². The summed E-state index contributed by atoms with van der Waals surface area (Å²) in [5.74, 6) is -0.824. The second-order valence-electron chi connectivity index (χ2n) is 6.93. The maximum absolute atomic E-state index is 12.3. The number of carboxylic acid groups (broad SMARTS) is 1. The lowest BCUT2D eigenvalue weighted by atomic mass is 9.83. The third kappa shape index (κ3) is 4.45. The molecule has 0 aliphatic carbocycles. The average molecular weight is 291 g/mol. The third-order valence-electron chi connectivity index (χ3n) is 3.68. The molecule has 0 aromatic carbocycles. The Kier molecular flexibility index (Phi) is 4.67. The Morgan fingerprint density at radius 2 is 1.95 bits per heavy atom. The first kappa shape index (κ1) is 16.4. The van der Waals surface area contributed by atoms with Gasteiger partial charge in [-0.25, -0.2) is 12.7 Å². The van der Waals surface area contributed by atoms with Gasteiger partial charge in [0.1, 0.15) is 0 Å². The summed E-state index contributed by atoms with van der Waals surface area (Å²) in [7, 11) is -3.35. The van der Waals surface area contributed by atoms with E-state index >= 15 is 0 Å². The number of nitrogens with zero attached hydrogens (tertiary/aromatic N) is 1. The molecule has 1 rings (SSSR count). The molecule has 1 heterocycles. The normalized spacial score (nSPS) is 26.3. The molecule has 0 spiro atoms. The van der Waals surface area contributed by atoms with Crippen LogP contribution in [-0.2, 0) is 14.8 Å². The highest BCUT2D eigenvalue weighted by Crippen LogP contribution is 2.32. The van der Waals surface area contributed by atoms with Crippen molar-refractivity contribution >= 4 is 16.0 Å². The molecule has 6 heteroatoms. The molecule has 0 aromatic heterocycles. The largest absolute Gasteiger partial charge is 0.481 e. The van der Waals surface area contributed by atoms with Crippen LogP contribution < -0.4 is 0 Å². The lowest BCUT2D eigenvalue weighted by Gasteiger charge is -2.37. The van der Waals surface area contributed by atoms with Crippen LogP contribution in [0.4, 0.5) is 0 Å². The molecule has 0 bridgehead atoms. The lowest BCUT2D eigenvalue weighted by Crippen LogP contribution is -2.49. The fraction of sp³-hybridized carbons (Fsp3) is 0.923. The number of aliphatic carboxylic acids is 1. The number of piperidine rings is 1. The Morgan fingerprint density at radius 1 is 1.37 bits per heavy atom. The van der Waals surface area contributed by atoms with Crippen molar-refractivity contribution in [2.24, 2.45) is 10.8 Å². The number of hydrogen-bond donors (Lipinski definition) is 1. The molecule has 1 atom stereocenters. The molecule has 0 radical (unpaired) electrons. The van der Waals surface area contributed by atoms with E-state index < -0.39 is 21.4 Å². The van der Waals surface area contributed by atoms with Gasteiger partial charge in [0.15, 0.2) is 0 Å². The van der Waals surface area contributed by atoms with Gasteiger partial charge in [0.05, 0.1) is 11.2 Å². The minimum Gasteiger partial charge on any atom is -0.481 e. The SMILES string of the molecule is CC(C)(C)CCS(=O)(=O)N1CCCC(C)(C(=O)O)C1. The molecule has 0 amide bonds.